The number of nitrogen functional groups attached to an aromatic ring is 1. The molecule has 0 spiro atoms. The lowest BCUT2D eigenvalue weighted by molar-refractivity contribution is 0.199. The quantitative estimate of drug-likeness (QED) is 0.852. The molecule has 1 aromatic carbocycles. The van der Waals surface area contributed by atoms with E-state index in [-0.39, 0.29) is 0 Å². The highest BCUT2D eigenvalue weighted by Crippen LogP contribution is 2.38. The van der Waals surface area contributed by atoms with Gasteiger partial charge in [0.25, 0.3) is 0 Å². The largest absolute Gasteiger partial charge is 0.497 e. The van der Waals surface area contributed by atoms with Crippen molar-refractivity contribution in [2.24, 2.45) is 5.92 Å². The van der Waals surface area contributed by atoms with Crippen molar-refractivity contribution >= 4 is 5.69 Å². The molecule has 6 heteroatoms. The molecular weight excluding hydrogens is 242 g/mol. The number of benzene rings is 1. The lowest BCUT2D eigenvalue weighted by Crippen LogP contribution is -2.26. The van der Waals surface area contributed by atoms with Gasteiger partial charge in [0.1, 0.15) is 5.75 Å². The van der Waals surface area contributed by atoms with E-state index in [1.54, 1.807) is 13.2 Å². The first-order valence-corrected chi connectivity index (χ1v) is 6.40. The van der Waals surface area contributed by atoms with Gasteiger partial charge in [-0.25, -0.2) is 4.68 Å². The van der Waals surface area contributed by atoms with Gasteiger partial charge in [0, 0.05) is 17.3 Å². The minimum Gasteiger partial charge on any atom is -0.497 e. The number of ether oxygens (including phenoxy) is 1. The Kier molecular flexibility index (Phi) is 2.85. The van der Waals surface area contributed by atoms with Crippen LogP contribution in [0.4, 0.5) is 5.69 Å². The first-order chi connectivity index (χ1) is 9.17. The smallest absolute Gasteiger partial charge is 0.182 e. The minimum absolute atomic E-state index is 0.396. The number of methoxy groups -OCH3 is 1. The van der Waals surface area contributed by atoms with Crippen LogP contribution in [-0.2, 0) is 0 Å². The Balaban J connectivity index is 1.98. The third-order valence-corrected chi connectivity index (χ3v) is 3.61. The first kappa shape index (κ1) is 12.0. The summed E-state index contributed by atoms with van der Waals surface area (Å²) in [6.07, 6.45) is 2.25. The molecular formula is C13H17N5O. The van der Waals surface area contributed by atoms with Gasteiger partial charge in [-0.15, -0.1) is 5.10 Å². The zero-order valence-electron chi connectivity index (χ0n) is 11.1. The predicted octanol–water partition coefficient (Wildman–Crippen LogP) is 1.90. The molecule has 19 heavy (non-hydrogen) atoms. The Morgan fingerprint density at radius 3 is 2.79 bits per heavy atom. The Bertz CT molecular complexity index is 588. The highest BCUT2D eigenvalue weighted by atomic mass is 16.5. The van der Waals surface area contributed by atoms with E-state index in [4.69, 9.17) is 10.5 Å². The van der Waals surface area contributed by atoms with Crippen molar-refractivity contribution in [1.29, 1.82) is 0 Å². The Morgan fingerprint density at radius 2 is 2.11 bits per heavy atom. The average molecular weight is 259 g/mol. The van der Waals surface area contributed by atoms with E-state index in [1.165, 1.54) is 0 Å². The molecule has 0 aliphatic heterocycles. The molecule has 0 radical (unpaired) electrons. The summed E-state index contributed by atoms with van der Waals surface area (Å²) < 4.78 is 7.13. The van der Waals surface area contributed by atoms with Crippen LogP contribution in [0.3, 0.4) is 0 Å². The zero-order chi connectivity index (χ0) is 13.4. The summed E-state index contributed by atoms with van der Waals surface area (Å²) in [6, 6.07) is 5.95. The fraction of sp³-hybridized carbons (Fsp3) is 0.462. The monoisotopic (exact) mass is 259 g/mol. The normalized spacial score (nSPS) is 22.0. The Morgan fingerprint density at radius 1 is 1.32 bits per heavy atom. The van der Waals surface area contributed by atoms with Crippen LogP contribution in [0.1, 0.15) is 25.8 Å². The molecule has 0 unspecified atom stereocenters. The molecule has 6 nitrogen and oxygen atoms in total. The first-order valence-electron chi connectivity index (χ1n) is 6.40. The number of tetrazole rings is 1. The summed E-state index contributed by atoms with van der Waals surface area (Å²) in [5.74, 6) is 2.21. The maximum absolute atomic E-state index is 5.88. The topological polar surface area (TPSA) is 78.8 Å². The highest BCUT2D eigenvalue weighted by molar-refractivity contribution is 5.64. The minimum atomic E-state index is 0.396. The number of hydrogen-bond acceptors (Lipinski definition) is 5. The van der Waals surface area contributed by atoms with E-state index in [9.17, 15) is 0 Å². The second-order valence-electron chi connectivity index (χ2n) is 5.17. The van der Waals surface area contributed by atoms with Gasteiger partial charge >= 0.3 is 0 Å². The van der Waals surface area contributed by atoms with Crippen LogP contribution in [0.5, 0.6) is 5.75 Å². The average Bonchev–Trinajstić information content (AvgIpc) is 2.83. The molecule has 1 aliphatic carbocycles. The fourth-order valence-electron chi connectivity index (χ4n) is 2.56. The molecule has 0 amide bonds. The number of rotatable bonds is 3. The molecule has 1 aromatic heterocycles. The SMILES string of the molecule is COc1cc(N)cc(-c2nnnn2C2CC(C)C2)c1. The van der Waals surface area contributed by atoms with Crippen LogP contribution < -0.4 is 10.5 Å². The third kappa shape index (κ3) is 2.14. The van der Waals surface area contributed by atoms with Crippen molar-refractivity contribution in [1.82, 2.24) is 20.2 Å². The van der Waals surface area contributed by atoms with E-state index in [2.05, 4.69) is 22.4 Å². The number of hydrogen-bond donors (Lipinski definition) is 1. The van der Waals surface area contributed by atoms with Crippen molar-refractivity contribution in [3.63, 3.8) is 0 Å². The molecule has 2 N–H and O–H groups in total. The molecule has 2 aromatic rings. The second-order valence-corrected chi connectivity index (χ2v) is 5.17. The molecule has 0 bridgehead atoms. The van der Waals surface area contributed by atoms with Crippen LogP contribution in [0.2, 0.25) is 0 Å². The third-order valence-electron chi connectivity index (χ3n) is 3.61. The lowest BCUT2D eigenvalue weighted by atomic mass is 9.82. The summed E-state index contributed by atoms with van der Waals surface area (Å²) in [4.78, 5) is 0. The van der Waals surface area contributed by atoms with Crippen molar-refractivity contribution in [2.45, 2.75) is 25.8 Å². The summed E-state index contributed by atoms with van der Waals surface area (Å²) in [6.45, 7) is 2.24. The van der Waals surface area contributed by atoms with E-state index in [0.717, 1.165) is 30.1 Å². The van der Waals surface area contributed by atoms with Gasteiger partial charge in [-0.05, 0) is 41.3 Å². The van der Waals surface area contributed by atoms with Gasteiger partial charge in [-0.3, -0.25) is 0 Å². The maximum Gasteiger partial charge on any atom is 0.182 e. The van der Waals surface area contributed by atoms with Gasteiger partial charge in [-0.1, -0.05) is 6.92 Å². The number of aromatic nitrogens is 4. The summed E-state index contributed by atoms with van der Waals surface area (Å²) in [5.41, 5.74) is 7.41. The number of anilines is 1. The van der Waals surface area contributed by atoms with Gasteiger partial charge < -0.3 is 10.5 Å². The van der Waals surface area contributed by atoms with E-state index >= 15 is 0 Å². The van der Waals surface area contributed by atoms with Crippen molar-refractivity contribution in [3.8, 4) is 17.1 Å². The molecule has 1 aliphatic rings. The summed E-state index contributed by atoms with van der Waals surface area (Å²) in [5, 5.41) is 12.0. The summed E-state index contributed by atoms with van der Waals surface area (Å²) >= 11 is 0. The van der Waals surface area contributed by atoms with Gasteiger partial charge in [0.05, 0.1) is 13.2 Å². The summed E-state index contributed by atoms with van der Waals surface area (Å²) in [7, 11) is 1.62. The van der Waals surface area contributed by atoms with Crippen LogP contribution in [0.15, 0.2) is 18.2 Å². The van der Waals surface area contributed by atoms with Crippen molar-refractivity contribution in [2.75, 3.05) is 12.8 Å². The highest BCUT2D eigenvalue weighted by Gasteiger charge is 2.30. The van der Waals surface area contributed by atoms with E-state index < -0.39 is 0 Å². The molecule has 1 fully saturated rings. The Labute approximate surface area is 111 Å². The molecule has 1 saturated carbocycles. The second kappa shape index (κ2) is 4.53. The molecule has 100 valence electrons. The van der Waals surface area contributed by atoms with Crippen molar-refractivity contribution in [3.05, 3.63) is 18.2 Å². The van der Waals surface area contributed by atoms with E-state index in [1.807, 2.05) is 16.8 Å². The van der Waals surface area contributed by atoms with Gasteiger partial charge in [0.15, 0.2) is 5.82 Å². The zero-order valence-corrected chi connectivity index (χ0v) is 11.1. The maximum atomic E-state index is 5.88. The van der Waals surface area contributed by atoms with Crippen LogP contribution >= 0.6 is 0 Å². The fourth-order valence-corrected chi connectivity index (χ4v) is 2.56. The standard InChI is InChI=1S/C13H17N5O/c1-8-3-11(4-8)18-13(15-16-17-18)9-5-10(14)7-12(6-9)19-2/h5-8,11H,3-4,14H2,1-2H3. The van der Waals surface area contributed by atoms with E-state index in [0.29, 0.717) is 17.5 Å². The molecule has 0 atom stereocenters. The van der Waals surface area contributed by atoms with Crippen LogP contribution in [0, 0.1) is 5.92 Å². The Hall–Kier alpha value is -2.11. The molecule has 0 saturated heterocycles. The molecule has 1 heterocycles. The van der Waals surface area contributed by atoms with Gasteiger partial charge in [0.2, 0.25) is 0 Å². The molecule has 3 rings (SSSR count). The van der Waals surface area contributed by atoms with Crippen LogP contribution in [-0.4, -0.2) is 27.3 Å². The van der Waals surface area contributed by atoms with Crippen LogP contribution in [0.25, 0.3) is 11.4 Å². The van der Waals surface area contributed by atoms with Gasteiger partial charge in [-0.2, -0.15) is 0 Å². The van der Waals surface area contributed by atoms with Crippen molar-refractivity contribution < 1.29 is 4.74 Å². The number of nitrogens with two attached hydrogens (primary N) is 1. The lowest BCUT2D eigenvalue weighted by Gasteiger charge is -2.32. The number of nitrogens with zero attached hydrogens (tertiary/aromatic N) is 4. The predicted molar refractivity (Wildman–Crippen MR) is 71.7 cm³/mol.